The summed E-state index contributed by atoms with van der Waals surface area (Å²) >= 11 is 0. The maximum absolute atomic E-state index is 10.8. The summed E-state index contributed by atoms with van der Waals surface area (Å²) in [6, 6.07) is 5.28. The van der Waals surface area contributed by atoms with Gasteiger partial charge in [0.15, 0.2) is 6.29 Å². The van der Waals surface area contributed by atoms with Gasteiger partial charge < -0.3 is 4.74 Å². The summed E-state index contributed by atoms with van der Waals surface area (Å²) in [7, 11) is 1.54. The number of carbonyl (C=O) groups excluding carboxylic acids is 1. The van der Waals surface area contributed by atoms with Crippen LogP contribution in [0.4, 0.5) is 0 Å². The van der Waals surface area contributed by atoms with Crippen molar-refractivity contribution in [2.75, 3.05) is 7.11 Å². The second kappa shape index (κ2) is 3.41. The number of hydrogen-bond donors (Lipinski definition) is 0. The number of carbonyl (C=O) groups is 1. The molecule has 2 aromatic rings. The molecule has 0 amide bonds. The molecule has 0 spiro atoms. The van der Waals surface area contributed by atoms with Crippen molar-refractivity contribution in [3.8, 4) is 5.75 Å². The van der Waals surface area contributed by atoms with Gasteiger partial charge in [0, 0.05) is 5.56 Å². The molecule has 1 aromatic heterocycles. The van der Waals surface area contributed by atoms with E-state index in [4.69, 9.17) is 4.74 Å². The molecule has 0 aliphatic carbocycles. The molecule has 0 bridgehead atoms. The number of ether oxygens (including phenoxy) is 1. The molecule has 2 rings (SSSR count). The molecule has 0 saturated heterocycles. The van der Waals surface area contributed by atoms with Crippen molar-refractivity contribution in [3.05, 3.63) is 30.0 Å². The Balaban J connectivity index is 2.88. The fourth-order valence-corrected chi connectivity index (χ4v) is 1.37. The molecule has 70 valence electrons. The Morgan fingerprint density at radius 1 is 1.43 bits per heavy atom. The van der Waals surface area contributed by atoms with Crippen LogP contribution in [0.3, 0.4) is 0 Å². The largest absolute Gasteiger partial charge is 0.494 e. The molecule has 4 nitrogen and oxygen atoms in total. The monoisotopic (exact) mass is 188 g/mol. The minimum atomic E-state index is 0.564. The molecule has 4 heteroatoms. The first kappa shape index (κ1) is 8.62. The lowest BCUT2D eigenvalue weighted by atomic mass is 10.1. The van der Waals surface area contributed by atoms with Crippen LogP contribution in [-0.2, 0) is 0 Å². The van der Waals surface area contributed by atoms with Gasteiger partial charge in [-0.15, -0.1) is 0 Å². The van der Waals surface area contributed by atoms with Crippen molar-refractivity contribution in [2.45, 2.75) is 0 Å². The van der Waals surface area contributed by atoms with Gasteiger partial charge in [0.05, 0.1) is 24.2 Å². The first-order valence-electron chi connectivity index (χ1n) is 4.10. The Hall–Kier alpha value is -1.97. The predicted molar refractivity (Wildman–Crippen MR) is 51.5 cm³/mol. The minimum absolute atomic E-state index is 0.564. The van der Waals surface area contributed by atoms with Gasteiger partial charge in [-0.05, 0) is 6.07 Å². The van der Waals surface area contributed by atoms with E-state index in [1.165, 1.54) is 13.3 Å². The molecular formula is C10H8N2O2. The number of rotatable bonds is 2. The first-order valence-corrected chi connectivity index (χ1v) is 4.10. The molecule has 1 heterocycles. The van der Waals surface area contributed by atoms with E-state index in [0.29, 0.717) is 22.2 Å². The maximum Gasteiger partial charge on any atom is 0.150 e. The van der Waals surface area contributed by atoms with Crippen molar-refractivity contribution < 1.29 is 9.53 Å². The fraction of sp³-hybridized carbons (Fsp3) is 0.100. The zero-order chi connectivity index (χ0) is 9.97. The molecular weight excluding hydrogens is 180 g/mol. The van der Waals surface area contributed by atoms with Crippen LogP contribution in [0.5, 0.6) is 5.75 Å². The Labute approximate surface area is 80.5 Å². The Bertz CT molecular complexity index is 477. The van der Waals surface area contributed by atoms with Crippen molar-refractivity contribution >= 4 is 17.2 Å². The average molecular weight is 188 g/mol. The molecule has 0 saturated carbocycles. The highest BCUT2D eigenvalue weighted by Gasteiger charge is 2.06. The standard InChI is InChI=1S/C10H8N2O2/c1-14-9-5-11-12-8-4-2-3-7(6-13)10(8)9/h2-6H,1H3. The number of nitrogens with zero attached hydrogens (tertiary/aromatic N) is 2. The van der Waals surface area contributed by atoms with Gasteiger partial charge in [-0.3, -0.25) is 4.79 Å². The average Bonchev–Trinajstić information content (AvgIpc) is 2.27. The highest BCUT2D eigenvalue weighted by atomic mass is 16.5. The molecule has 0 atom stereocenters. The zero-order valence-corrected chi connectivity index (χ0v) is 7.60. The van der Waals surface area contributed by atoms with E-state index < -0.39 is 0 Å². The summed E-state index contributed by atoms with van der Waals surface area (Å²) in [6.07, 6.45) is 2.28. The van der Waals surface area contributed by atoms with Crippen LogP contribution in [0.25, 0.3) is 10.9 Å². The lowest BCUT2D eigenvalue weighted by molar-refractivity contribution is 0.112. The van der Waals surface area contributed by atoms with Gasteiger partial charge >= 0.3 is 0 Å². The normalized spacial score (nSPS) is 10.1. The smallest absolute Gasteiger partial charge is 0.150 e. The van der Waals surface area contributed by atoms with Gasteiger partial charge in [0.1, 0.15) is 5.75 Å². The molecule has 0 unspecified atom stereocenters. The summed E-state index contributed by atoms with van der Waals surface area (Å²) < 4.78 is 5.11. The number of fused-ring (bicyclic) bond motifs is 1. The van der Waals surface area contributed by atoms with Gasteiger partial charge in [0.25, 0.3) is 0 Å². The maximum atomic E-state index is 10.8. The summed E-state index contributed by atoms with van der Waals surface area (Å²) in [4.78, 5) is 10.8. The summed E-state index contributed by atoms with van der Waals surface area (Å²) in [5, 5.41) is 8.39. The van der Waals surface area contributed by atoms with Crippen molar-refractivity contribution in [1.29, 1.82) is 0 Å². The summed E-state index contributed by atoms with van der Waals surface area (Å²) in [5.41, 5.74) is 1.23. The van der Waals surface area contributed by atoms with Gasteiger partial charge in [-0.25, -0.2) is 0 Å². The number of hydrogen-bond acceptors (Lipinski definition) is 4. The highest BCUT2D eigenvalue weighted by Crippen LogP contribution is 2.24. The molecule has 0 fully saturated rings. The van der Waals surface area contributed by atoms with E-state index in [-0.39, 0.29) is 0 Å². The van der Waals surface area contributed by atoms with Crippen LogP contribution in [0.1, 0.15) is 10.4 Å². The second-order valence-electron chi connectivity index (χ2n) is 2.77. The first-order chi connectivity index (χ1) is 6.86. The summed E-state index contributed by atoms with van der Waals surface area (Å²) in [5.74, 6) is 0.567. The van der Waals surface area contributed by atoms with Crippen LogP contribution >= 0.6 is 0 Å². The number of methoxy groups -OCH3 is 1. The van der Waals surface area contributed by atoms with Crippen molar-refractivity contribution in [2.24, 2.45) is 0 Å². The van der Waals surface area contributed by atoms with E-state index in [1.54, 1.807) is 18.2 Å². The van der Waals surface area contributed by atoms with Crippen LogP contribution in [0, 0.1) is 0 Å². The third kappa shape index (κ3) is 1.21. The van der Waals surface area contributed by atoms with Gasteiger partial charge in [-0.1, -0.05) is 12.1 Å². The van der Waals surface area contributed by atoms with E-state index in [1.807, 2.05) is 0 Å². The van der Waals surface area contributed by atoms with E-state index in [9.17, 15) is 4.79 Å². The van der Waals surface area contributed by atoms with E-state index >= 15 is 0 Å². The molecule has 1 aromatic carbocycles. The topological polar surface area (TPSA) is 52.1 Å². The fourth-order valence-electron chi connectivity index (χ4n) is 1.37. The molecule has 0 radical (unpaired) electrons. The Morgan fingerprint density at radius 3 is 3.00 bits per heavy atom. The third-order valence-electron chi connectivity index (χ3n) is 2.01. The third-order valence-corrected chi connectivity index (χ3v) is 2.01. The molecule has 0 aliphatic heterocycles. The number of aromatic nitrogens is 2. The van der Waals surface area contributed by atoms with Crippen LogP contribution in [0.2, 0.25) is 0 Å². The van der Waals surface area contributed by atoms with Gasteiger partial charge in [-0.2, -0.15) is 10.2 Å². The SMILES string of the molecule is COc1cnnc2cccc(C=O)c12. The number of aldehydes is 1. The van der Waals surface area contributed by atoms with Crippen LogP contribution in [0.15, 0.2) is 24.4 Å². The van der Waals surface area contributed by atoms with E-state index in [0.717, 1.165) is 6.29 Å². The number of benzene rings is 1. The van der Waals surface area contributed by atoms with Crippen molar-refractivity contribution in [3.63, 3.8) is 0 Å². The quantitative estimate of drug-likeness (QED) is 0.669. The predicted octanol–water partition coefficient (Wildman–Crippen LogP) is 1.45. The Kier molecular flexibility index (Phi) is 2.10. The van der Waals surface area contributed by atoms with Crippen LogP contribution in [-0.4, -0.2) is 23.6 Å². The Morgan fingerprint density at radius 2 is 2.29 bits per heavy atom. The molecule has 14 heavy (non-hydrogen) atoms. The van der Waals surface area contributed by atoms with Gasteiger partial charge in [0.2, 0.25) is 0 Å². The van der Waals surface area contributed by atoms with Crippen molar-refractivity contribution in [1.82, 2.24) is 10.2 Å². The molecule has 0 aliphatic rings. The lowest BCUT2D eigenvalue weighted by Gasteiger charge is -2.04. The molecule has 0 N–H and O–H groups in total. The zero-order valence-electron chi connectivity index (χ0n) is 7.60. The van der Waals surface area contributed by atoms with E-state index in [2.05, 4.69) is 10.2 Å². The summed E-state index contributed by atoms with van der Waals surface area (Å²) in [6.45, 7) is 0. The lowest BCUT2D eigenvalue weighted by Crippen LogP contribution is -1.93. The minimum Gasteiger partial charge on any atom is -0.494 e. The second-order valence-corrected chi connectivity index (χ2v) is 2.77. The van der Waals surface area contributed by atoms with Crippen LogP contribution < -0.4 is 4.74 Å². The highest BCUT2D eigenvalue weighted by molar-refractivity contribution is 5.99.